The van der Waals surface area contributed by atoms with Gasteiger partial charge in [0.05, 0.1) is 21.3 Å². The highest BCUT2D eigenvalue weighted by molar-refractivity contribution is 5.91. The molecule has 0 fully saturated rings. The molecule has 0 spiro atoms. The highest BCUT2D eigenvalue weighted by Crippen LogP contribution is 2.39. The number of aromatic nitrogens is 1. The van der Waals surface area contributed by atoms with Crippen molar-refractivity contribution in [2.24, 2.45) is 0 Å². The number of nitrogens with one attached hydrogen (secondary N) is 1. The van der Waals surface area contributed by atoms with Gasteiger partial charge in [-0.05, 0) is 6.42 Å². The van der Waals surface area contributed by atoms with Crippen LogP contribution in [0.15, 0.2) is 42.7 Å². The maximum absolute atomic E-state index is 12.1. The van der Waals surface area contributed by atoms with E-state index in [1.165, 1.54) is 0 Å². The SMILES string of the molecule is COc1cc(NC(=O)CCCC[n+]2ccccc2)cc(OC)c1OC. The first-order valence-electron chi connectivity index (χ1n) is 8.22. The Morgan fingerprint density at radius 1 is 0.960 bits per heavy atom. The van der Waals surface area contributed by atoms with Crippen molar-refractivity contribution in [1.82, 2.24) is 0 Å². The third-order valence-corrected chi connectivity index (χ3v) is 3.80. The summed E-state index contributed by atoms with van der Waals surface area (Å²) in [6, 6.07) is 9.42. The molecule has 2 aromatic rings. The molecule has 0 atom stereocenters. The smallest absolute Gasteiger partial charge is 0.224 e. The van der Waals surface area contributed by atoms with Crippen molar-refractivity contribution in [3.8, 4) is 17.2 Å². The van der Waals surface area contributed by atoms with Crippen LogP contribution in [-0.4, -0.2) is 27.2 Å². The quantitative estimate of drug-likeness (QED) is 0.561. The molecule has 134 valence electrons. The lowest BCUT2D eigenvalue weighted by Gasteiger charge is -2.14. The zero-order chi connectivity index (χ0) is 18.1. The van der Waals surface area contributed by atoms with E-state index in [2.05, 4.69) is 9.88 Å². The first kappa shape index (κ1) is 18.6. The number of amides is 1. The van der Waals surface area contributed by atoms with Crippen molar-refractivity contribution < 1.29 is 23.6 Å². The topological polar surface area (TPSA) is 60.7 Å². The number of unbranched alkanes of at least 4 members (excludes halogenated alkanes) is 1. The Labute approximate surface area is 148 Å². The predicted molar refractivity (Wildman–Crippen MR) is 95.2 cm³/mol. The molecule has 6 nitrogen and oxygen atoms in total. The van der Waals surface area contributed by atoms with Crippen molar-refractivity contribution >= 4 is 11.6 Å². The summed E-state index contributed by atoms with van der Waals surface area (Å²) in [6.07, 6.45) is 6.27. The van der Waals surface area contributed by atoms with Crippen molar-refractivity contribution in [3.05, 3.63) is 42.7 Å². The normalized spacial score (nSPS) is 10.2. The minimum atomic E-state index is -0.0349. The van der Waals surface area contributed by atoms with Crippen LogP contribution in [0.4, 0.5) is 5.69 Å². The lowest BCUT2D eigenvalue weighted by molar-refractivity contribution is -0.697. The number of carbonyl (C=O) groups is 1. The van der Waals surface area contributed by atoms with Gasteiger partial charge in [-0.3, -0.25) is 4.79 Å². The van der Waals surface area contributed by atoms with E-state index in [-0.39, 0.29) is 5.91 Å². The Hall–Kier alpha value is -2.76. The third-order valence-electron chi connectivity index (χ3n) is 3.80. The average Bonchev–Trinajstić information content (AvgIpc) is 2.65. The molecule has 1 N–H and O–H groups in total. The predicted octanol–water partition coefficient (Wildman–Crippen LogP) is 2.81. The maximum Gasteiger partial charge on any atom is 0.224 e. The highest BCUT2D eigenvalue weighted by atomic mass is 16.5. The number of rotatable bonds is 9. The number of carbonyl (C=O) groups excluding carboxylic acids is 1. The summed E-state index contributed by atoms with van der Waals surface area (Å²) >= 11 is 0. The van der Waals surface area contributed by atoms with Crippen LogP contribution in [0.3, 0.4) is 0 Å². The molecule has 1 amide bonds. The van der Waals surface area contributed by atoms with Crippen LogP contribution >= 0.6 is 0 Å². The number of benzene rings is 1. The Bertz CT molecular complexity index is 664. The Morgan fingerprint density at radius 2 is 1.60 bits per heavy atom. The molecule has 0 unspecified atom stereocenters. The largest absolute Gasteiger partial charge is 0.493 e. The minimum Gasteiger partial charge on any atom is -0.493 e. The fourth-order valence-corrected chi connectivity index (χ4v) is 2.54. The van der Waals surface area contributed by atoms with Crippen molar-refractivity contribution in [2.45, 2.75) is 25.8 Å². The van der Waals surface area contributed by atoms with Gasteiger partial charge < -0.3 is 19.5 Å². The van der Waals surface area contributed by atoms with Gasteiger partial charge >= 0.3 is 0 Å². The fraction of sp³-hybridized carbons (Fsp3) is 0.368. The maximum atomic E-state index is 12.1. The van der Waals surface area contributed by atoms with E-state index >= 15 is 0 Å². The van der Waals surface area contributed by atoms with Crippen molar-refractivity contribution in [3.63, 3.8) is 0 Å². The Morgan fingerprint density at radius 3 is 2.16 bits per heavy atom. The molecule has 0 saturated carbocycles. The average molecular weight is 345 g/mol. The molecule has 1 heterocycles. The van der Waals surface area contributed by atoms with E-state index in [0.717, 1.165) is 19.4 Å². The Balaban J connectivity index is 1.87. The zero-order valence-electron chi connectivity index (χ0n) is 15.0. The molecule has 0 saturated heterocycles. The second-order valence-corrected chi connectivity index (χ2v) is 5.53. The second kappa shape index (κ2) is 9.52. The van der Waals surface area contributed by atoms with Gasteiger partial charge in [-0.25, -0.2) is 4.57 Å². The first-order chi connectivity index (χ1) is 12.2. The number of nitrogens with zero attached hydrogens (tertiary/aromatic N) is 1. The lowest BCUT2D eigenvalue weighted by atomic mass is 10.2. The standard InChI is InChI=1S/C19H24N2O4/c1-23-16-13-15(14-17(24-2)19(16)25-3)20-18(22)9-5-8-12-21-10-6-4-7-11-21/h4,6-7,10-11,13-14H,5,8-9,12H2,1-3H3/p+1. The van der Waals surface area contributed by atoms with Gasteiger partial charge in [-0.2, -0.15) is 0 Å². The third kappa shape index (κ3) is 5.38. The summed E-state index contributed by atoms with van der Waals surface area (Å²) in [5, 5.41) is 2.88. The van der Waals surface area contributed by atoms with Crippen molar-refractivity contribution in [1.29, 1.82) is 0 Å². The van der Waals surface area contributed by atoms with Gasteiger partial charge in [0.1, 0.15) is 6.54 Å². The number of ether oxygens (including phenoxy) is 3. The molecule has 25 heavy (non-hydrogen) atoms. The van der Waals surface area contributed by atoms with Gasteiger partial charge in [0.15, 0.2) is 23.9 Å². The number of pyridine rings is 1. The van der Waals surface area contributed by atoms with Crippen molar-refractivity contribution in [2.75, 3.05) is 26.6 Å². The van der Waals surface area contributed by atoms with Crippen LogP contribution in [0.5, 0.6) is 17.2 Å². The number of methoxy groups -OCH3 is 3. The summed E-state index contributed by atoms with van der Waals surface area (Å²) in [5.41, 5.74) is 0.622. The lowest BCUT2D eigenvalue weighted by Crippen LogP contribution is -2.32. The first-order valence-corrected chi connectivity index (χ1v) is 8.22. The fourth-order valence-electron chi connectivity index (χ4n) is 2.54. The van der Waals surface area contributed by atoms with Gasteiger partial charge in [0, 0.05) is 42.8 Å². The molecule has 6 heteroatoms. The Kier molecular flexibility index (Phi) is 7.07. The zero-order valence-corrected chi connectivity index (χ0v) is 15.0. The van der Waals surface area contributed by atoms with E-state index in [4.69, 9.17) is 14.2 Å². The van der Waals surface area contributed by atoms with E-state index in [0.29, 0.717) is 29.4 Å². The number of hydrogen-bond donors (Lipinski definition) is 1. The number of hydrogen-bond acceptors (Lipinski definition) is 4. The summed E-state index contributed by atoms with van der Waals surface area (Å²) in [4.78, 5) is 12.1. The summed E-state index contributed by atoms with van der Waals surface area (Å²) in [7, 11) is 4.64. The van der Waals surface area contributed by atoms with E-state index in [1.807, 2.05) is 30.6 Å². The number of aryl methyl sites for hydroxylation is 1. The molecule has 0 radical (unpaired) electrons. The molecule has 2 rings (SSSR count). The monoisotopic (exact) mass is 345 g/mol. The van der Waals surface area contributed by atoms with E-state index < -0.39 is 0 Å². The van der Waals surface area contributed by atoms with Crippen LogP contribution < -0.4 is 24.1 Å². The van der Waals surface area contributed by atoms with Crippen LogP contribution in [-0.2, 0) is 11.3 Å². The van der Waals surface area contributed by atoms with Gasteiger partial charge in [0.2, 0.25) is 11.7 Å². The molecule has 0 aliphatic heterocycles. The van der Waals surface area contributed by atoms with E-state index in [1.54, 1.807) is 33.5 Å². The van der Waals surface area contributed by atoms with Crippen LogP contribution in [0.25, 0.3) is 0 Å². The van der Waals surface area contributed by atoms with Gasteiger partial charge in [0.25, 0.3) is 0 Å². The van der Waals surface area contributed by atoms with Crippen LogP contribution in [0.2, 0.25) is 0 Å². The summed E-state index contributed by atoms with van der Waals surface area (Å²) in [6.45, 7) is 0.901. The van der Waals surface area contributed by atoms with E-state index in [9.17, 15) is 4.79 Å². The van der Waals surface area contributed by atoms with Crippen LogP contribution in [0.1, 0.15) is 19.3 Å². The summed E-state index contributed by atoms with van der Waals surface area (Å²) in [5.74, 6) is 1.49. The van der Waals surface area contributed by atoms with Gasteiger partial charge in [-0.15, -0.1) is 0 Å². The molecule has 1 aromatic heterocycles. The molecule has 0 aliphatic carbocycles. The second-order valence-electron chi connectivity index (χ2n) is 5.53. The molecular weight excluding hydrogens is 320 g/mol. The number of anilines is 1. The molecule has 0 aliphatic rings. The minimum absolute atomic E-state index is 0.0349. The summed E-state index contributed by atoms with van der Waals surface area (Å²) < 4.78 is 18.0. The highest BCUT2D eigenvalue weighted by Gasteiger charge is 2.14. The van der Waals surface area contributed by atoms with Gasteiger partial charge in [-0.1, -0.05) is 6.07 Å². The molecular formula is C19H25N2O4+. The molecule has 1 aromatic carbocycles. The molecule has 0 bridgehead atoms. The van der Waals surface area contributed by atoms with Crippen LogP contribution in [0, 0.1) is 0 Å².